The quantitative estimate of drug-likeness (QED) is 0.694. The van der Waals surface area contributed by atoms with E-state index in [-0.39, 0.29) is 6.54 Å². The van der Waals surface area contributed by atoms with E-state index in [0.29, 0.717) is 19.4 Å². The number of hydrogen-bond acceptors (Lipinski definition) is 3. The molecule has 0 aliphatic rings. The Hall–Kier alpha value is -2.66. The Kier molecular flexibility index (Phi) is 6.87. The predicted octanol–water partition coefficient (Wildman–Crippen LogP) is 1.89. The van der Waals surface area contributed by atoms with Crippen molar-refractivity contribution in [1.29, 1.82) is 0 Å². The Morgan fingerprint density at radius 2 is 1.46 bits per heavy atom. The summed E-state index contributed by atoms with van der Waals surface area (Å²) in [5.41, 5.74) is 2.14. The van der Waals surface area contributed by atoms with Crippen molar-refractivity contribution in [3.63, 3.8) is 0 Å². The molecule has 0 bridgehead atoms. The van der Waals surface area contributed by atoms with Gasteiger partial charge in [-0.05, 0) is 30.5 Å². The highest BCUT2D eigenvalue weighted by molar-refractivity contribution is 5.95. The zero-order chi connectivity index (χ0) is 17.9. The highest BCUT2D eigenvalue weighted by Gasteiger charge is 2.06. The second kappa shape index (κ2) is 10.2. The summed E-state index contributed by atoms with van der Waals surface area (Å²) in [7, 11) is 0. The summed E-state index contributed by atoms with van der Waals surface area (Å²) < 4.78 is 7.90. The van der Waals surface area contributed by atoms with Gasteiger partial charge in [-0.25, -0.2) is 4.79 Å². The Labute approximate surface area is 143 Å². The second-order valence-electron chi connectivity index (χ2n) is 5.31. The lowest BCUT2D eigenvalue weighted by atomic mass is 10.1. The van der Waals surface area contributed by atoms with E-state index in [1.165, 1.54) is 0 Å². The number of amides is 3. The molecule has 0 spiro atoms. The molecule has 5 heteroatoms. The normalized spacial score (nSPS) is 12.1. The van der Waals surface area contributed by atoms with Gasteiger partial charge in [0.1, 0.15) is 0 Å². The van der Waals surface area contributed by atoms with Crippen molar-refractivity contribution in [1.82, 2.24) is 16.0 Å². The first kappa shape index (κ1) is 16.2. The van der Waals surface area contributed by atoms with Gasteiger partial charge in [-0.1, -0.05) is 60.7 Å². The molecule has 0 aliphatic heterocycles. The first-order chi connectivity index (χ1) is 12.1. The van der Waals surface area contributed by atoms with Crippen LogP contribution in [-0.2, 0) is 17.6 Å². The minimum Gasteiger partial charge on any atom is -0.337 e. The maximum atomic E-state index is 11.7. The second-order valence-corrected chi connectivity index (χ2v) is 5.31. The van der Waals surface area contributed by atoms with Gasteiger partial charge in [0.15, 0.2) is 0 Å². The van der Waals surface area contributed by atoms with Crippen LogP contribution in [0.25, 0.3) is 0 Å². The molecule has 0 radical (unpaired) electrons. The summed E-state index contributed by atoms with van der Waals surface area (Å²) in [5.74, 6) is -0.456. The van der Waals surface area contributed by atoms with Gasteiger partial charge < -0.3 is 10.6 Å². The third-order valence-electron chi connectivity index (χ3n) is 3.38. The monoisotopic (exact) mass is 326 g/mol. The van der Waals surface area contributed by atoms with E-state index in [0.717, 1.165) is 11.1 Å². The zero-order valence-electron chi connectivity index (χ0n) is 14.5. The average molecular weight is 326 g/mol. The summed E-state index contributed by atoms with van der Waals surface area (Å²) in [6.45, 7) is -0.229. The summed E-state index contributed by atoms with van der Waals surface area (Å²) in [5, 5.41) is 7.69. The Morgan fingerprint density at radius 1 is 0.875 bits per heavy atom. The lowest BCUT2D eigenvalue weighted by molar-refractivity contribution is -0.119. The van der Waals surface area contributed by atoms with Crippen molar-refractivity contribution in [3.05, 3.63) is 71.8 Å². The molecule has 0 heterocycles. The molecular formula is C19H23N3O2. The standard InChI is InChI=1S/C19H23N3O2/c23-18(15-20-13-11-16-7-3-1-4-8-16)22-19(24)21-14-12-17-9-5-2-6-10-17/h1-10,20H,11-15H2,(H2,21,22,23,24)/i13D/t13-/m1/s1. The number of hydrogen-bond donors (Lipinski definition) is 3. The number of rotatable bonds is 8. The van der Waals surface area contributed by atoms with Crippen molar-refractivity contribution < 1.29 is 11.0 Å². The van der Waals surface area contributed by atoms with Crippen LogP contribution >= 0.6 is 0 Å². The third-order valence-corrected chi connectivity index (χ3v) is 3.38. The SMILES string of the molecule is [2H][C@H](Cc1ccccc1)NCC(=O)NC(=O)NCCc1ccccc1. The van der Waals surface area contributed by atoms with Crippen molar-refractivity contribution in [3.8, 4) is 0 Å². The first-order valence-electron chi connectivity index (χ1n) is 8.52. The number of imide groups is 1. The molecule has 2 rings (SSSR count). The third kappa shape index (κ3) is 7.07. The molecule has 1 atom stereocenters. The number of carbonyl (C=O) groups is 2. The number of aryl methyl sites for hydroxylation is 1. The molecule has 2 aromatic rings. The fourth-order valence-electron chi connectivity index (χ4n) is 2.15. The number of benzene rings is 2. The minimum atomic E-state index is -0.603. The van der Waals surface area contributed by atoms with Crippen molar-refractivity contribution >= 4 is 11.9 Å². The van der Waals surface area contributed by atoms with Crippen LogP contribution < -0.4 is 16.0 Å². The lowest BCUT2D eigenvalue weighted by Crippen LogP contribution is -2.44. The lowest BCUT2D eigenvalue weighted by Gasteiger charge is -2.08. The van der Waals surface area contributed by atoms with Crippen molar-refractivity contribution in [2.24, 2.45) is 0 Å². The van der Waals surface area contributed by atoms with Crippen LogP contribution in [0, 0.1) is 0 Å². The van der Waals surface area contributed by atoms with Crippen LogP contribution in [0.3, 0.4) is 0 Å². The molecule has 126 valence electrons. The molecule has 3 N–H and O–H groups in total. The molecule has 24 heavy (non-hydrogen) atoms. The summed E-state index contributed by atoms with van der Waals surface area (Å²) in [6, 6.07) is 18.9. The van der Waals surface area contributed by atoms with Crippen LogP contribution in [0.15, 0.2) is 60.7 Å². The average Bonchev–Trinajstić information content (AvgIpc) is 2.62. The smallest absolute Gasteiger partial charge is 0.321 e. The maximum absolute atomic E-state index is 11.7. The van der Waals surface area contributed by atoms with Gasteiger partial charge in [0.25, 0.3) is 0 Å². The summed E-state index contributed by atoms with van der Waals surface area (Å²) in [4.78, 5) is 23.4. The topological polar surface area (TPSA) is 70.2 Å². The molecule has 0 fully saturated rings. The fourth-order valence-corrected chi connectivity index (χ4v) is 2.15. The predicted molar refractivity (Wildman–Crippen MR) is 94.7 cm³/mol. The highest BCUT2D eigenvalue weighted by Crippen LogP contribution is 1.98. The first-order valence-corrected chi connectivity index (χ1v) is 7.94. The molecule has 0 aromatic heterocycles. The van der Waals surface area contributed by atoms with Crippen LogP contribution in [0.5, 0.6) is 0 Å². The van der Waals surface area contributed by atoms with E-state index in [1.807, 2.05) is 60.7 Å². The van der Waals surface area contributed by atoms with Crippen LogP contribution in [0.2, 0.25) is 0 Å². The number of urea groups is 1. The molecule has 5 nitrogen and oxygen atoms in total. The van der Waals surface area contributed by atoms with E-state index >= 15 is 0 Å². The fraction of sp³-hybridized carbons (Fsp3) is 0.263. The van der Waals surface area contributed by atoms with Crippen molar-refractivity contribution in [2.45, 2.75) is 12.8 Å². The summed E-state index contributed by atoms with van der Waals surface area (Å²) >= 11 is 0. The van der Waals surface area contributed by atoms with Crippen molar-refractivity contribution in [2.75, 3.05) is 19.6 Å². The molecule has 0 unspecified atom stereocenters. The molecule has 3 amide bonds. The Bertz CT molecular complexity index is 665. The van der Waals surface area contributed by atoms with Crippen LogP contribution in [0.4, 0.5) is 4.79 Å². The largest absolute Gasteiger partial charge is 0.337 e. The minimum absolute atomic E-state index is 0.0763. The highest BCUT2D eigenvalue weighted by atomic mass is 16.2. The molecule has 0 saturated heterocycles. The molecule has 2 aromatic carbocycles. The van der Waals surface area contributed by atoms with E-state index in [4.69, 9.17) is 1.37 Å². The van der Waals surface area contributed by atoms with E-state index in [1.54, 1.807) is 0 Å². The van der Waals surface area contributed by atoms with Gasteiger partial charge in [0, 0.05) is 7.92 Å². The molecular weight excluding hydrogens is 302 g/mol. The number of nitrogens with one attached hydrogen (secondary N) is 3. The van der Waals surface area contributed by atoms with Gasteiger partial charge in [-0.2, -0.15) is 0 Å². The van der Waals surface area contributed by atoms with E-state index in [9.17, 15) is 9.59 Å². The Morgan fingerprint density at radius 3 is 2.08 bits per heavy atom. The van der Waals surface area contributed by atoms with Gasteiger partial charge in [0.2, 0.25) is 5.91 Å². The van der Waals surface area contributed by atoms with Crippen LogP contribution in [0.1, 0.15) is 12.5 Å². The Balaban J connectivity index is 1.60. The molecule has 0 aliphatic carbocycles. The summed E-state index contributed by atoms with van der Waals surface area (Å²) in [6.07, 6.45) is 1.20. The van der Waals surface area contributed by atoms with E-state index in [2.05, 4.69) is 16.0 Å². The zero-order valence-corrected chi connectivity index (χ0v) is 13.5. The maximum Gasteiger partial charge on any atom is 0.321 e. The van der Waals surface area contributed by atoms with Gasteiger partial charge in [0.05, 0.1) is 6.54 Å². The number of carbonyl (C=O) groups excluding carboxylic acids is 2. The van der Waals surface area contributed by atoms with Crippen LogP contribution in [-0.4, -0.2) is 31.5 Å². The van der Waals surface area contributed by atoms with Gasteiger partial charge >= 0.3 is 6.03 Å². The van der Waals surface area contributed by atoms with Gasteiger partial charge in [-0.15, -0.1) is 0 Å². The van der Waals surface area contributed by atoms with E-state index < -0.39 is 18.5 Å². The molecule has 0 saturated carbocycles. The van der Waals surface area contributed by atoms with Gasteiger partial charge in [-0.3, -0.25) is 10.1 Å².